The summed E-state index contributed by atoms with van der Waals surface area (Å²) in [5.74, 6) is 0.959. The zero-order valence-corrected chi connectivity index (χ0v) is 19.9. The summed E-state index contributed by atoms with van der Waals surface area (Å²) >= 11 is 12.5. The molecule has 7 nitrogen and oxygen atoms in total. The van der Waals surface area contributed by atoms with Crippen LogP contribution < -0.4 is 10.1 Å². The second-order valence-electron chi connectivity index (χ2n) is 7.69. The lowest BCUT2D eigenvalue weighted by atomic mass is 10.1. The lowest BCUT2D eigenvalue weighted by Crippen LogP contribution is -2.16. The summed E-state index contributed by atoms with van der Waals surface area (Å²) in [4.78, 5) is 12.9. The molecule has 0 atom stereocenters. The van der Waals surface area contributed by atoms with Crippen molar-refractivity contribution in [1.82, 2.24) is 14.9 Å². The maximum absolute atomic E-state index is 12.9. The smallest absolute Gasteiger partial charge is 0.279 e. The number of aryl methyl sites for hydroxylation is 3. The van der Waals surface area contributed by atoms with E-state index in [-0.39, 0.29) is 18.1 Å². The van der Waals surface area contributed by atoms with Gasteiger partial charge < -0.3 is 14.6 Å². The Bertz CT molecular complexity index is 1310. The first kappa shape index (κ1) is 22.9. The van der Waals surface area contributed by atoms with Gasteiger partial charge in [-0.1, -0.05) is 64.3 Å². The van der Waals surface area contributed by atoms with Gasteiger partial charge in [-0.05, 0) is 44.0 Å². The van der Waals surface area contributed by atoms with Crippen LogP contribution in [-0.2, 0) is 13.2 Å². The first-order chi connectivity index (χ1) is 15.8. The average molecular weight is 485 g/mol. The number of halogens is 2. The van der Waals surface area contributed by atoms with Gasteiger partial charge in [0.05, 0.1) is 12.1 Å². The van der Waals surface area contributed by atoms with Crippen molar-refractivity contribution in [2.75, 3.05) is 5.32 Å². The van der Waals surface area contributed by atoms with E-state index in [0.717, 1.165) is 22.4 Å². The van der Waals surface area contributed by atoms with Crippen LogP contribution in [0.4, 0.5) is 5.82 Å². The van der Waals surface area contributed by atoms with Crippen molar-refractivity contribution >= 4 is 34.9 Å². The van der Waals surface area contributed by atoms with Crippen LogP contribution in [0.5, 0.6) is 5.75 Å². The van der Waals surface area contributed by atoms with Gasteiger partial charge in [-0.3, -0.25) is 9.48 Å². The molecule has 0 aliphatic heterocycles. The van der Waals surface area contributed by atoms with E-state index in [2.05, 4.69) is 15.6 Å². The van der Waals surface area contributed by atoms with Gasteiger partial charge in [0.2, 0.25) is 0 Å². The maximum Gasteiger partial charge on any atom is 0.279 e. The molecule has 0 bridgehead atoms. The highest BCUT2D eigenvalue weighted by molar-refractivity contribution is 6.33. The number of aromatic nitrogens is 3. The van der Waals surface area contributed by atoms with Crippen LogP contribution in [0.15, 0.2) is 53.2 Å². The SMILES string of the molecule is Cc1ccc(OCc2c(C(=O)Nc3nn(Cc4ccccc4Cl)cc3Cl)noc2C)c(C)c1. The van der Waals surface area contributed by atoms with Crippen LogP contribution in [0.25, 0.3) is 0 Å². The molecule has 33 heavy (non-hydrogen) atoms. The third-order valence-electron chi connectivity index (χ3n) is 5.14. The normalized spacial score (nSPS) is 10.9. The van der Waals surface area contributed by atoms with Gasteiger partial charge in [-0.25, -0.2) is 0 Å². The molecule has 2 heterocycles. The number of hydrogen-bond donors (Lipinski definition) is 1. The topological polar surface area (TPSA) is 82.2 Å². The highest BCUT2D eigenvalue weighted by atomic mass is 35.5. The lowest BCUT2D eigenvalue weighted by molar-refractivity contribution is 0.101. The van der Waals surface area contributed by atoms with Crippen molar-refractivity contribution in [3.63, 3.8) is 0 Å². The number of hydrogen-bond acceptors (Lipinski definition) is 5. The number of amides is 1. The Hall–Kier alpha value is -3.29. The molecule has 0 radical (unpaired) electrons. The van der Waals surface area contributed by atoms with Crippen molar-refractivity contribution in [1.29, 1.82) is 0 Å². The van der Waals surface area contributed by atoms with E-state index < -0.39 is 5.91 Å². The van der Waals surface area contributed by atoms with E-state index in [1.807, 2.05) is 50.2 Å². The monoisotopic (exact) mass is 484 g/mol. The molecular weight excluding hydrogens is 463 g/mol. The average Bonchev–Trinajstić information content (AvgIpc) is 3.31. The third-order valence-corrected chi connectivity index (χ3v) is 5.79. The Balaban J connectivity index is 1.48. The Morgan fingerprint density at radius 3 is 2.67 bits per heavy atom. The summed E-state index contributed by atoms with van der Waals surface area (Å²) in [6, 6.07) is 13.4. The van der Waals surface area contributed by atoms with Gasteiger partial charge in [0, 0.05) is 11.2 Å². The molecule has 0 aliphatic rings. The second kappa shape index (κ2) is 9.68. The first-order valence-corrected chi connectivity index (χ1v) is 11.0. The minimum Gasteiger partial charge on any atom is -0.488 e. The zero-order chi connectivity index (χ0) is 23.5. The van der Waals surface area contributed by atoms with E-state index in [9.17, 15) is 4.79 Å². The third kappa shape index (κ3) is 5.21. The highest BCUT2D eigenvalue weighted by Gasteiger charge is 2.22. The van der Waals surface area contributed by atoms with E-state index in [4.69, 9.17) is 32.5 Å². The van der Waals surface area contributed by atoms with Gasteiger partial charge in [-0.2, -0.15) is 5.10 Å². The molecule has 2 aromatic carbocycles. The number of carbonyl (C=O) groups is 1. The Morgan fingerprint density at radius 1 is 1.12 bits per heavy atom. The van der Waals surface area contributed by atoms with Crippen LogP contribution >= 0.6 is 23.2 Å². The van der Waals surface area contributed by atoms with Crippen LogP contribution in [0, 0.1) is 20.8 Å². The number of nitrogens with zero attached hydrogens (tertiary/aromatic N) is 3. The van der Waals surface area contributed by atoms with E-state index in [1.54, 1.807) is 23.9 Å². The molecule has 0 unspecified atom stereocenters. The molecule has 0 spiro atoms. The molecule has 0 saturated heterocycles. The van der Waals surface area contributed by atoms with Crippen LogP contribution in [-0.4, -0.2) is 20.8 Å². The molecule has 1 amide bonds. The second-order valence-corrected chi connectivity index (χ2v) is 8.51. The van der Waals surface area contributed by atoms with E-state index in [0.29, 0.717) is 27.9 Å². The number of benzene rings is 2. The van der Waals surface area contributed by atoms with E-state index in [1.165, 1.54) is 0 Å². The van der Waals surface area contributed by atoms with Crippen LogP contribution in [0.2, 0.25) is 10.0 Å². The van der Waals surface area contributed by atoms with Crippen molar-refractivity contribution in [3.8, 4) is 5.75 Å². The van der Waals surface area contributed by atoms with Gasteiger partial charge >= 0.3 is 0 Å². The fraction of sp³-hybridized carbons (Fsp3) is 0.208. The van der Waals surface area contributed by atoms with Crippen LogP contribution in [0.3, 0.4) is 0 Å². The van der Waals surface area contributed by atoms with Gasteiger partial charge in [0.1, 0.15) is 23.1 Å². The summed E-state index contributed by atoms with van der Waals surface area (Å²) in [5.41, 5.74) is 3.71. The number of nitrogens with one attached hydrogen (secondary N) is 1. The van der Waals surface area contributed by atoms with Gasteiger partial charge in [-0.15, -0.1) is 0 Å². The lowest BCUT2D eigenvalue weighted by Gasteiger charge is -2.10. The number of ether oxygens (including phenoxy) is 1. The van der Waals surface area contributed by atoms with E-state index >= 15 is 0 Å². The van der Waals surface area contributed by atoms with Crippen LogP contribution in [0.1, 0.15) is 38.5 Å². The molecule has 0 saturated carbocycles. The largest absolute Gasteiger partial charge is 0.488 e. The zero-order valence-electron chi connectivity index (χ0n) is 18.4. The predicted molar refractivity (Wildman–Crippen MR) is 127 cm³/mol. The van der Waals surface area contributed by atoms with Crippen molar-refractivity contribution in [2.45, 2.75) is 33.9 Å². The fourth-order valence-corrected chi connectivity index (χ4v) is 3.77. The molecule has 0 aliphatic carbocycles. The summed E-state index contributed by atoms with van der Waals surface area (Å²) in [6.45, 7) is 6.27. The Kier molecular flexibility index (Phi) is 6.72. The standard InChI is InChI=1S/C24H22Cl2N4O3/c1-14-8-9-21(15(2)10-14)32-13-18-16(3)33-29-22(18)24(31)27-23-20(26)12-30(28-23)11-17-6-4-5-7-19(17)25/h4-10,12H,11,13H2,1-3H3,(H,27,28,31). The number of anilines is 1. The molecule has 1 N–H and O–H groups in total. The number of carbonyl (C=O) groups excluding carboxylic acids is 1. The maximum atomic E-state index is 12.9. The summed E-state index contributed by atoms with van der Waals surface area (Å²) < 4.78 is 12.8. The molecule has 0 fully saturated rings. The fourth-order valence-electron chi connectivity index (χ4n) is 3.38. The van der Waals surface area contributed by atoms with Crippen molar-refractivity contribution in [3.05, 3.63) is 92.4 Å². The molecule has 170 valence electrons. The summed E-state index contributed by atoms with van der Waals surface area (Å²) in [5, 5.41) is 11.9. The Labute approximate surface area is 201 Å². The van der Waals surface area contributed by atoms with Crippen molar-refractivity contribution < 1.29 is 14.1 Å². The molecule has 2 aromatic heterocycles. The minimum atomic E-state index is -0.490. The molecular formula is C24H22Cl2N4O3. The Morgan fingerprint density at radius 2 is 1.91 bits per heavy atom. The summed E-state index contributed by atoms with van der Waals surface area (Å²) in [7, 11) is 0. The van der Waals surface area contributed by atoms with Crippen molar-refractivity contribution in [2.24, 2.45) is 0 Å². The van der Waals surface area contributed by atoms with Gasteiger partial charge in [0.15, 0.2) is 11.5 Å². The molecule has 9 heteroatoms. The first-order valence-electron chi connectivity index (χ1n) is 10.2. The molecule has 4 aromatic rings. The molecule has 4 rings (SSSR count). The van der Waals surface area contributed by atoms with Gasteiger partial charge in [0.25, 0.3) is 5.91 Å². The highest BCUT2D eigenvalue weighted by Crippen LogP contribution is 2.25. The summed E-state index contributed by atoms with van der Waals surface area (Å²) in [6.07, 6.45) is 1.62. The number of rotatable bonds is 7. The quantitative estimate of drug-likeness (QED) is 0.348. The minimum absolute atomic E-state index is 0.119. The predicted octanol–water partition coefficient (Wildman–Crippen LogP) is 5.98.